The molecule has 0 bridgehead atoms. The van der Waals surface area contributed by atoms with Crippen LogP contribution in [0, 0.1) is 24.6 Å². The highest BCUT2D eigenvalue weighted by Crippen LogP contribution is 2.30. The molecule has 20 heavy (non-hydrogen) atoms. The summed E-state index contributed by atoms with van der Waals surface area (Å²) in [5.41, 5.74) is 2.26. The van der Waals surface area contributed by atoms with Crippen LogP contribution in [0.5, 0.6) is 0 Å². The van der Waals surface area contributed by atoms with E-state index in [4.69, 9.17) is 0 Å². The third-order valence-corrected chi connectivity index (χ3v) is 3.27. The Morgan fingerprint density at radius 3 is 1.95 bits per heavy atom. The normalized spacial score (nSPS) is 13.1. The van der Waals surface area contributed by atoms with E-state index < -0.39 is 6.10 Å². The average molecular weight is 281 g/mol. The van der Waals surface area contributed by atoms with Gasteiger partial charge in [-0.15, -0.1) is 0 Å². The molecule has 0 saturated heterocycles. The van der Waals surface area contributed by atoms with Crippen LogP contribution in [0.15, 0.2) is 12.1 Å². The monoisotopic (exact) mass is 281 g/mol. The van der Waals surface area contributed by atoms with Gasteiger partial charge in [-0.3, -0.25) is 0 Å². The molecule has 0 unspecified atom stereocenters. The van der Waals surface area contributed by atoms with Gasteiger partial charge in [0.1, 0.15) is 5.82 Å². The predicted molar refractivity (Wildman–Crippen MR) is 83.7 cm³/mol. The fraction of sp³-hybridized carbons (Fsp3) is 0.647. The molecule has 0 aliphatic heterocycles. The minimum atomic E-state index is -0.665. The first-order valence-electron chi connectivity index (χ1n) is 7.45. The topological polar surface area (TPSA) is 23.5 Å². The molecular weight excluding hydrogens is 253 g/mol. The maximum Gasteiger partial charge on any atom is 0.126 e. The van der Waals surface area contributed by atoms with E-state index in [0.29, 0.717) is 23.0 Å². The van der Waals surface area contributed by atoms with Crippen molar-refractivity contribution < 1.29 is 9.50 Å². The Morgan fingerprint density at radius 1 is 1.05 bits per heavy atom. The van der Waals surface area contributed by atoms with E-state index in [1.54, 1.807) is 13.8 Å². The van der Waals surface area contributed by atoms with Crippen molar-refractivity contribution in [3.8, 4) is 0 Å². The number of rotatable bonds is 6. The second kappa shape index (κ2) is 7.07. The summed E-state index contributed by atoms with van der Waals surface area (Å²) < 4.78 is 13.8. The summed E-state index contributed by atoms with van der Waals surface area (Å²) in [4.78, 5) is 2.27. The van der Waals surface area contributed by atoms with E-state index in [-0.39, 0.29) is 5.82 Å². The third-order valence-electron chi connectivity index (χ3n) is 3.27. The van der Waals surface area contributed by atoms with E-state index in [9.17, 15) is 9.50 Å². The fourth-order valence-corrected chi connectivity index (χ4v) is 2.44. The molecule has 0 aliphatic carbocycles. The molecule has 1 rings (SSSR count). The molecule has 0 amide bonds. The van der Waals surface area contributed by atoms with Crippen molar-refractivity contribution in [2.75, 3.05) is 18.0 Å². The zero-order valence-corrected chi connectivity index (χ0v) is 13.6. The first kappa shape index (κ1) is 17.0. The number of hydrogen-bond acceptors (Lipinski definition) is 2. The van der Waals surface area contributed by atoms with Gasteiger partial charge < -0.3 is 10.0 Å². The first-order chi connectivity index (χ1) is 9.22. The molecule has 0 radical (unpaired) electrons. The van der Waals surface area contributed by atoms with Crippen LogP contribution in [0.3, 0.4) is 0 Å². The van der Waals surface area contributed by atoms with Crippen LogP contribution in [-0.2, 0) is 0 Å². The number of aliphatic hydroxyl groups excluding tert-OH is 1. The summed E-state index contributed by atoms with van der Waals surface area (Å²) in [6.45, 7) is 14.0. The van der Waals surface area contributed by atoms with Gasteiger partial charge in [0.2, 0.25) is 0 Å². The molecule has 0 aromatic heterocycles. The van der Waals surface area contributed by atoms with Gasteiger partial charge in [-0.2, -0.15) is 0 Å². The van der Waals surface area contributed by atoms with Crippen molar-refractivity contribution >= 4 is 5.69 Å². The van der Waals surface area contributed by atoms with Crippen LogP contribution < -0.4 is 4.90 Å². The number of nitrogens with zero attached hydrogens (tertiary/aromatic N) is 1. The number of hydrogen-bond donors (Lipinski definition) is 1. The Kier molecular flexibility index (Phi) is 6.00. The van der Waals surface area contributed by atoms with Crippen LogP contribution in [0.2, 0.25) is 0 Å². The molecule has 3 heteroatoms. The largest absolute Gasteiger partial charge is 0.389 e. The molecular formula is C17H28FNO. The summed E-state index contributed by atoms with van der Waals surface area (Å²) >= 11 is 0. The highest BCUT2D eigenvalue weighted by atomic mass is 19.1. The van der Waals surface area contributed by atoms with E-state index in [0.717, 1.165) is 18.8 Å². The van der Waals surface area contributed by atoms with Gasteiger partial charge >= 0.3 is 0 Å². The summed E-state index contributed by atoms with van der Waals surface area (Å²) in [5, 5.41) is 9.94. The van der Waals surface area contributed by atoms with Gasteiger partial charge in [-0.05, 0) is 43.4 Å². The lowest BCUT2D eigenvalue weighted by molar-refractivity contribution is 0.199. The standard InChI is InChI=1S/C17H28FNO/c1-11(2)9-19(10-12(3)4)17-7-13(5)16(18)8-15(17)14(6)20/h7-8,11-12,14,20H,9-10H2,1-6H3/t14-/m0/s1. The number of anilines is 1. The van der Waals surface area contributed by atoms with Gasteiger partial charge in [0.05, 0.1) is 6.10 Å². The molecule has 0 spiro atoms. The molecule has 0 aliphatic rings. The van der Waals surface area contributed by atoms with Crippen molar-refractivity contribution in [2.24, 2.45) is 11.8 Å². The van der Waals surface area contributed by atoms with Crippen LogP contribution in [0.4, 0.5) is 10.1 Å². The van der Waals surface area contributed by atoms with Crippen LogP contribution >= 0.6 is 0 Å². The molecule has 1 aromatic rings. The minimum Gasteiger partial charge on any atom is -0.389 e. The van der Waals surface area contributed by atoms with Crippen LogP contribution in [0.1, 0.15) is 51.8 Å². The van der Waals surface area contributed by atoms with E-state index in [1.807, 2.05) is 6.07 Å². The zero-order valence-electron chi connectivity index (χ0n) is 13.6. The Labute approximate surface area is 122 Å². The molecule has 1 atom stereocenters. The highest BCUT2D eigenvalue weighted by molar-refractivity contribution is 5.57. The van der Waals surface area contributed by atoms with Gasteiger partial charge in [0.25, 0.3) is 0 Å². The number of benzene rings is 1. The van der Waals surface area contributed by atoms with Gasteiger partial charge in [0.15, 0.2) is 0 Å². The summed E-state index contributed by atoms with van der Waals surface area (Å²) in [6.07, 6.45) is -0.665. The lowest BCUT2D eigenvalue weighted by atomic mass is 10.0. The predicted octanol–water partition coefficient (Wildman–Crippen LogP) is 4.31. The third kappa shape index (κ3) is 4.48. The summed E-state index contributed by atoms with van der Waals surface area (Å²) in [7, 11) is 0. The molecule has 0 heterocycles. The molecule has 1 aromatic carbocycles. The molecule has 1 N–H and O–H groups in total. The quantitative estimate of drug-likeness (QED) is 0.840. The Bertz CT molecular complexity index is 431. The zero-order chi connectivity index (χ0) is 15.4. The molecule has 114 valence electrons. The molecule has 0 fully saturated rings. The van der Waals surface area contributed by atoms with E-state index in [2.05, 4.69) is 32.6 Å². The average Bonchev–Trinajstić information content (AvgIpc) is 2.29. The number of halogens is 1. The highest BCUT2D eigenvalue weighted by Gasteiger charge is 2.18. The lowest BCUT2D eigenvalue weighted by Gasteiger charge is -2.31. The Hall–Kier alpha value is -1.09. The van der Waals surface area contributed by atoms with Crippen LogP contribution in [-0.4, -0.2) is 18.2 Å². The van der Waals surface area contributed by atoms with Crippen molar-refractivity contribution in [3.63, 3.8) is 0 Å². The van der Waals surface area contributed by atoms with Gasteiger partial charge in [-0.25, -0.2) is 4.39 Å². The van der Waals surface area contributed by atoms with E-state index in [1.165, 1.54) is 6.07 Å². The Morgan fingerprint density at radius 2 is 1.55 bits per heavy atom. The molecule has 0 saturated carbocycles. The smallest absolute Gasteiger partial charge is 0.126 e. The Balaban J connectivity index is 3.26. The second-order valence-electron chi connectivity index (χ2n) is 6.53. The van der Waals surface area contributed by atoms with Gasteiger partial charge in [-0.1, -0.05) is 27.7 Å². The van der Waals surface area contributed by atoms with Crippen molar-refractivity contribution in [1.29, 1.82) is 0 Å². The maximum absolute atomic E-state index is 13.8. The summed E-state index contributed by atoms with van der Waals surface area (Å²) in [5.74, 6) is 0.778. The van der Waals surface area contributed by atoms with Crippen molar-refractivity contribution in [1.82, 2.24) is 0 Å². The molecule has 2 nitrogen and oxygen atoms in total. The van der Waals surface area contributed by atoms with E-state index >= 15 is 0 Å². The van der Waals surface area contributed by atoms with Crippen molar-refractivity contribution in [2.45, 2.75) is 47.6 Å². The SMILES string of the molecule is Cc1cc(N(CC(C)C)CC(C)C)c([C@H](C)O)cc1F. The first-order valence-corrected chi connectivity index (χ1v) is 7.45. The number of aliphatic hydroxyl groups is 1. The fourth-order valence-electron chi connectivity index (χ4n) is 2.44. The number of aryl methyl sites for hydroxylation is 1. The van der Waals surface area contributed by atoms with Crippen molar-refractivity contribution in [3.05, 3.63) is 29.1 Å². The lowest BCUT2D eigenvalue weighted by Crippen LogP contribution is -2.32. The second-order valence-corrected chi connectivity index (χ2v) is 6.53. The van der Waals surface area contributed by atoms with Gasteiger partial charge in [0, 0.05) is 24.3 Å². The van der Waals surface area contributed by atoms with Crippen LogP contribution in [0.25, 0.3) is 0 Å². The minimum absolute atomic E-state index is 0.251. The summed E-state index contributed by atoms with van der Waals surface area (Å²) in [6, 6.07) is 3.34. The maximum atomic E-state index is 13.8.